The van der Waals surface area contributed by atoms with Crippen LogP contribution in [0.15, 0.2) is 11.4 Å². The molecule has 25 heavy (non-hydrogen) atoms. The summed E-state index contributed by atoms with van der Waals surface area (Å²) < 4.78 is 4.90. The first kappa shape index (κ1) is 18.8. The zero-order valence-electron chi connectivity index (χ0n) is 14.1. The molecule has 11 heteroatoms. The zero-order valence-corrected chi connectivity index (χ0v) is 14.9. The number of hydrogen-bond acceptors (Lipinski definition) is 8. The Morgan fingerprint density at radius 1 is 1.44 bits per heavy atom. The van der Waals surface area contributed by atoms with Crippen molar-refractivity contribution in [2.75, 3.05) is 45.3 Å². The highest BCUT2D eigenvalue weighted by atomic mass is 32.1. The molecular weight excluding hydrogens is 346 g/mol. The molecule has 4 N–H and O–H groups in total. The fraction of sp³-hybridized carbons (Fsp3) is 0.500. The number of hydrazone groups is 1. The van der Waals surface area contributed by atoms with Crippen LogP contribution < -0.4 is 11.2 Å². The van der Waals surface area contributed by atoms with Gasteiger partial charge in [-0.1, -0.05) is 12.2 Å². The van der Waals surface area contributed by atoms with Gasteiger partial charge in [0.2, 0.25) is 0 Å². The number of thiocarbonyl (C=S) groups is 1. The Balaban J connectivity index is 2.13. The Morgan fingerprint density at radius 3 is 2.72 bits per heavy atom. The van der Waals surface area contributed by atoms with E-state index in [-0.39, 0.29) is 34.7 Å². The van der Waals surface area contributed by atoms with E-state index in [0.29, 0.717) is 13.1 Å². The highest BCUT2D eigenvalue weighted by molar-refractivity contribution is 7.82. The first-order chi connectivity index (χ1) is 11.9. The van der Waals surface area contributed by atoms with E-state index in [2.05, 4.69) is 25.4 Å². The van der Waals surface area contributed by atoms with Crippen molar-refractivity contribution in [3.63, 3.8) is 0 Å². The number of anilines is 1. The lowest BCUT2D eigenvalue weighted by Crippen LogP contribution is -2.51. The van der Waals surface area contributed by atoms with Crippen LogP contribution in [0.5, 0.6) is 0 Å². The van der Waals surface area contributed by atoms with Gasteiger partial charge in [-0.25, -0.2) is 9.78 Å². The maximum Gasteiger partial charge on any atom is 0.358 e. The number of esters is 1. The lowest BCUT2D eigenvalue weighted by molar-refractivity contribution is -0.125. The van der Waals surface area contributed by atoms with Crippen LogP contribution in [0.3, 0.4) is 0 Å². The van der Waals surface area contributed by atoms with E-state index in [0.717, 1.165) is 13.1 Å². The molecule has 1 aliphatic heterocycles. The number of H-pyrrole nitrogens is 1. The summed E-state index contributed by atoms with van der Waals surface area (Å²) in [5, 5.41) is 3.97. The quantitative estimate of drug-likeness (QED) is 0.263. The predicted molar refractivity (Wildman–Crippen MR) is 96.5 cm³/mol. The van der Waals surface area contributed by atoms with E-state index in [9.17, 15) is 9.59 Å². The number of piperazine rings is 1. The Labute approximate surface area is 150 Å². The Kier molecular flexibility index (Phi) is 6.42. The van der Waals surface area contributed by atoms with Crippen molar-refractivity contribution in [3.8, 4) is 0 Å². The summed E-state index contributed by atoms with van der Waals surface area (Å²) in [5.41, 5.74) is 8.21. The van der Waals surface area contributed by atoms with Crippen molar-refractivity contribution in [1.82, 2.24) is 19.8 Å². The van der Waals surface area contributed by atoms with Crippen LogP contribution in [0.2, 0.25) is 0 Å². The van der Waals surface area contributed by atoms with E-state index in [1.54, 1.807) is 11.8 Å². The van der Waals surface area contributed by atoms with E-state index >= 15 is 0 Å². The second kappa shape index (κ2) is 8.53. The van der Waals surface area contributed by atoms with Gasteiger partial charge in [0.1, 0.15) is 4.99 Å². The summed E-state index contributed by atoms with van der Waals surface area (Å²) in [4.78, 5) is 34.6. The fourth-order valence-corrected chi connectivity index (χ4v) is 2.35. The van der Waals surface area contributed by atoms with Gasteiger partial charge in [0.25, 0.3) is 5.91 Å². The van der Waals surface area contributed by atoms with Crippen molar-refractivity contribution in [1.29, 1.82) is 0 Å². The van der Waals surface area contributed by atoms with Crippen LogP contribution in [0, 0.1) is 0 Å². The lowest BCUT2D eigenvalue weighted by atomic mass is 10.2. The van der Waals surface area contributed by atoms with Gasteiger partial charge in [0, 0.05) is 26.2 Å². The van der Waals surface area contributed by atoms with Gasteiger partial charge in [-0.15, -0.1) is 0 Å². The third-order valence-corrected chi connectivity index (χ3v) is 3.81. The zero-order chi connectivity index (χ0) is 18.4. The lowest BCUT2D eigenvalue weighted by Gasteiger charge is -2.32. The highest BCUT2D eigenvalue weighted by Gasteiger charge is 2.25. The van der Waals surface area contributed by atoms with Crippen molar-refractivity contribution in [3.05, 3.63) is 12.0 Å². The predicted octanol–water partition coefficient (Wildman–Crippen LogP) is -0.586. The van der Waals surface area contributed by atoms with Crippen molar-refractivity contribution in [2.45, 2.75) is 6.92 Å². The SMILES string of the molecule is CCOC(=O)c1[nH]cnc1N/N=C(\C(=O)N1CCN(C)CC1)C(N)=S. The molecule has 0 unspecified atom stereocenters. The van der Waals surface area contributed by atoms with E-state index in [1.807, 2.05) is 7.05 Å². The third kappa shape index (κ3) is 4.73. The summed E-state index contributed by atoms with van der Waals surface area (Å²) >= 11 is 4.94. The number of carbonyl (C=O) groups is 2. The molecule has 136 valence electrons. The number of nitrogens with zero attached hydrogens (tertiary/aromatic N) is 4. The van der Waals surface area contributed by atoms with Crippen molar-refractivity contribution >= 4 is 40.6 Å². The van der Waals surface area contributed by atoms with Gasteiger partial charge in [-0.2, -0.15) is 5.10 Å². The number of carbonyl (C=O) groups excluding carboxylic acids is 2. The maximum absolute atomic E-state index is 12.6. The summed E-state index contributed by atoms with van der Waals surface area (Å²) in [6, 6.07) is 0. The van der Waals surface area contributed by atoms with E-state index in [1.165, 1.54) is 6.33 Å². The molecule has 0 atom stereocenters. The molecule has 1 saturated heterocycles. The average molecular weight is 367 g/mol. The van der Waals surface area contributed by atoms with E-state index in [4.69, 9.17) is 22.7 Å². The Hall–Kier alpha value is -2.53. The van der Waals surface area contributed by atoms with Gasteiger partial charge < -0.3 is 25.3 Å². The molecule has 0 aliphatic carbocycles. The number of rotatable bonds is 6. The molecule has 0 aromatic carbocycles. The number of hydrogen-bond donors (Lipinski definition) is 3. The second-order valence-electron chi connectivity index (χ2n) is 5.38. The monoisotopic (exact) mass is 367 g/mol. The van der Waals surface area contributed by atoms with Gasteiger partial charge in [-0.3, -0.25) is 10.2 Å². The van der Waals surface area contributed by atoms with Crippen LogP contribution in [0.1, 0.15) is 17.4 Å². The van der Waals surface area contributed by atoms with Crippen LogP contribution >= 0.6 is 12.2 Å². The molecule has 10 nitrogen and oxygen atoms in total. The molecule has 2 rings (SSSR count). The topological polar surface area (TPSA) is 129 Å². The first-order valence-corrected chi connectivity index (χ1v) is 8.16. The molecule has 0 bridgehead atoms. The molecule has 0 spiro atoms. The average Bonchev–Trinajstić information content (AvgIpc) is 3.04. The number of aromatic nitrogens is 2. The molecule has 1 amide bonds. The molecule has 1 aliphatic rings. The standard InChI is InChI=1S/C14H21N7O3S/c1-3-24-14(23)10-12(17-8-16-10)19-18-9(11(15)25)13(22)21-6-4-20(2)5-7-21/h8,19H,3-7H2,1-2H3,(H2,15,25)(H,16,17)/b18-9-. The minimum atomic E-state index is -0.583. The molecule has 1 fully saturated rings. The number of likely N-dealkylation sites (N-methyl/N-ethyl adjacent to an activating group) is 1. The summed E-state index contributed by atoms with van der Waals surface area (Å²) in [5.74, 6) is -0.820. The van der Waals surface area contributed by atoms with E-state index < -0.39 is 5.97 Å². The minimum absolute atomic E-state index is 0.0858. The third-order valence-electron chi connectivity index (χ3n) is 3.62. The number of amides is 1. The molecule has 2 heterocycles. The highest BCUT2D eigenvalue weighted by Crippen LogP contribution is 2.11. The number of nitrogens with one attached hydrogen (secondary N) is 2. The number of nitrogens with two attached hydrogens (primary N) is 1. The fourth-order valence-electron chi connectivity index (χ4n) is 2.21. The number of ether oxygens (including phenoxy) is 1. The smallest absolute Gasteiger partial charge is 0.358 e. The normalized spacial score (nSPS) is 15.8. The van der Waals surface area contributed by atoms with Crippen molar-refractivity contribution < 1.29 is 14.3 Å². The van der Waals surface area contributed by atoms with Crippen LogP contribution in [-0.2, 0) is 9.53 Å². The van der Waals surface area contributed by atoms with Crippen molar-refractivity contribution in [2.24, 2.45) is 10.8 Å². The minimum Gasteiger partial charge on any atom is -0.461 e. The van der Waals surface area contributed by atoms with Crippen LogP contribution in [0.25, 0.3) is 0 Å². The largest absolute Gasteiger partial charge is 0.461 e. The Bertz CT molecular complexity index is 680. The molecule has 1 aromatic rings. The van der Waals surface area contributed by atoms with Gasteiger partial charge in [-0.05, 0) is 14.0 Å². The molecular formula is C14H21N7O3S. The molecule has 0 saturated carbocycles. The van der Waals surface area contributed by atoms with Crippen LogP contribution in [-0.4, -0.2) is 82.2 Å². The summed E-state index contributed by atoms with van der Waals surface area (Å²) in [6.45, 7) is 4.56. The summed E-state index contributed by atoms with van der Waals surface area (Å²) in [7, 11) is 1.99. The van der Waals surface area contributed by atoms with Gasteiger partial charge >= 0.3 is 5.97 Å². The van der Waals surface area contributed by atoms with Crippen LogP contribution in [0.4, 0.5) is 5.82 Å². The maximum atomic E-state index is 12.6. The number of aromatic amines is 1. The van der Waals surface area contributed by atoms with Gasteiger partial charge in [0.15, 0.2) is 17.2 Å². The van der Waals surface area contributed by atoms with Gasteiger partial charge in [0.05, 0.1) is 12.9 Å². The Morgan fingerprint density at radius 2 is 2.12 bits per heavy atom. The number of imidazole rings is 1. The second-order valence-corrected chi connectivity index (χ2v) is 5.82. The molecule has 1 aromatic heterocycles. The molecule has 0 radical (unpaired) electrons. The first-order valence-electron chi connectivity index (χ1n) is 7.75. The summed E-state index contributed by atoms with van der Waals surface area (Å²) in [6.07, 6.45) is 1.31.